The van der Waals surface area contributed by atoms with Gasteiger partial charge in [-0.3, -0.25) is 0 Å². The third-order valence-corrected chi connectivity index (χ3v) is 3.85. The molecule has 0 atom stereocenters. The first-order valence-corrected chi connectivity index (χ1v) is 6.36. The molecule has 1 aromatic rings. The lowest BCUT2D eigenvalue weighted by atomic mass is 9.72. The number of piperidine rings is 1. The van der Waals surface area contributed by atoms with Crippen LogP contribution in [-0.4, -0.2) is 29.2 Å². The number of rotatable bonds is 1. The van der Waals surface area contributed by atoms with E-state index >= 15 is 0 Å². The molecule has 1 fully saturated rings. The maximum absolute atomic E-state index is 13.1. The van der Waals surface area contributed by atoms with Gasteiger partial charge >= 0.3 is 12.3 Å². The molecule has 4 nitrogen and oxygen atoms in total. The van der Waals surface area contributed by atoms with Crippen molar-refractivity contribution < 1.29 is 23.1 Å². The third kappa shape index (κ3) is 2.79. The third-order valence-electron chi connectivity index (χ3n) is 3.85. The van der Waals surface area contributed by atoms with Crippen LogP contribution in [0.15, 0.2) is 24.3 Å². The number of halogens is 3. The van der Waals surface area contributed by atoms with Gasteiger partial charge in [-0.25, -0.2) is 4.79 Å². The van der Waals surface area contributed by atoms with Crippen molar-refractivity contribution in [1.29, 1.82) is 5.26 Å². The Labute approximate surface area is 119 Å². The van der Waals surface area contributed by atoms with E-state index in [1.807, 2.05) is 6.07 Å². The lowest BCUT2D eigenvalue weighted by Crippen LogP contribution is -2.44. The van der Waals surface area contributed by atoms with Crippen molar-refractivity contribution in [2.45, 2.75) is 24.4 Å². The van der Waals surface area contributed by atoms with Crippen LogP contribution in [0.1, 0.15) is 24.0 Å². The van der Waals surface area contributed by atoms with Crippen molar-refractivity contribution in [3.63, 3.8) is 0 Å². The average Bonchev–Trinajstić information content (AvgIpc) is 2.46. The topological polar surface area (TPSA) is 64.3 Å². The molecule has 0 saturated carbocycles. The zero-order chi connectivity index (χ0) is 15.7. The first kappa shape index (κ1) is 15.2. The molecule has 0 radical (unpaired) electrons. The quantitative estimate of drug-likeness (QED) is 0.865. The maximum Gasteiger partial charge on any atom is 0.416 e. The largest absolute Gasteiger partial charge is 0.465 e. The molecule has 1 aliphatic rings. The monoisotopic (exact) mass is 298 g/mol. The summed E-state index contributed by atoms with van der Waals surface area (Å²) in [6.07, 6.45) is -5.54. The fourth-order valence-corrected chi connectivity index (χ4v) is 2.67. The van der Waals surface area contributed by atoms with Gasteiger partial charge in [0.05, 0.1) is 17.0 Å². The molecule has 0 unspecified atom stereocenters. The lowest BCUT2D eigenvalue weighted by molar-refractivity contribution is -0.138. The van der Waals surface area contributed by atoms with Gasteiger partial charge in [0.15, 0.2) is 0 Å². The van der Waals surface area contributed by atoms with Gasteiger partial charge in [0.1, 0.15) is 0 Å². The van der Waals surface area contributed by atoms with Crippen molar-refractivity contribution >= 4 is 6.09 Å². The molecule has 21 heavy (non-hydrogen) atoms. The zero-order valence-electron chi connectivity index (χ0n) is 11.0. The van der Waals surface area contributed by atoms with Crippen LogP contribution in [0.2, 0.25) is 0 Å². The summed E-state index contributed by atoms with van der Waals surface area (Å²) in [5, 5.41) is 18.3. The smallest absolute Gasteiger partial charge is 0.416 e. The normalized spacial score (nSPS) is 18.1. The first-order valence-electron chi connectivity index (χ1n) is 6.36. The number of alkyl halides is 3. The minimum absolute atomic E-state index is 0.0507. The van der Waals surface area contributed by atoms with Crippen molar-refractivity contribution in [2.75, 3.05) is 13.1 Å². The van der Waals surface area contributed by atoms with Gasteiger partial charge in [0.2, 0.25) is 0 Å². The Kier molecular flexibility index (Phi) is 3.81. The molecule has 2 rings (SSSR count). The second-order valence-electron chi connectivity index (χ2n) is 5.01. The lowest BCUT2D eigenvalue weighted by Gasteiger charge is -2.37. The van der Waals surface area contributed by atoms with Gasteiger partial charge in [0, 0.05) is 13.1 Å². The second-order valence-corrected chi connectivity index (χ2v) is 5.01. The highest BCUT2D eigenvalue weighted by molar-refractivity contribution is 5.65. The zero-order valence-corrected chi connectivity index (χ0v) is 11.0. The van der Waals surface area contributed by atoms with Gasteiger partial charge in [-0.2, -0.15) is 18.4 Å². The maximum atomic E-state index is 13.1. The Morgan fingerprint density at radius 2 is 1.86 bits per heavy atom. The molecule has 1 heterocycles. The van der Waals surface area contributed by atoms with Crippen LogP contribution >= 0.6 is 0 Å². The van der Waals surface area contributed by atoms with E-state index in [4.69, 9.17) is 5.11 Å². The molecule has 1 aromatic carbocycles. The van der Waals surface area contributed by atoms with Gasteiger partial charge < -0.3 is 10.0 Å². The summed E-state index contributed by atoms with van der Waals surface area (Å²) in [7, 11) is 0. The summed E-state index contributed by atoms with van der Waals surface area (Å²) in [6.45, 7) is 0.101. The van der Waals surface area contributed by atoms with Crippen LogP contribution in [0.5, 0.6) is 0 Å². The van der Waals surface area contributed by atoms with Gasteiger partial charge in [-0.1, -0.05) is 18.2 Å². The summed E-state index contributed by atoms with van der Waals surface area (Å²) in [5.74, 6) is 0. The molecule has 1 aliphatic heterocycles. The van der Waals surface area contributed by atoms with Crippen molar-refractivity contribution in [3.05, 3.63) is 35.4 Å². The summed E-state index contributed by atoms with van der Waals surface area (Å²) < 4.78 is 39.3. The molecular weight excluding hydrogens is 285 g/mol. The predicted molar refractivity (Wildman–Crippen MR) is 67.6 cm³/mol. The molecule has 1 saturated heterocycles. The molecule has 1 N–H and O–H groups in total. The number of nitrogens with zero attached hydrogens (tertiary/aromatic N) is 2. The summed E-state index contributed by atoms with van der Waals surface area (Å²) in [5.41, 5.74) is -2.18. The molecule has 112 valence electrons. The van der Waals surface area contributed by atoms with E-state index in [0.29, 0.717) is 0 Å². The van der Waals surface area contributed by atoms with E-state index in [-0.39, 0.29) is 31.5 Å². The minimum atomic E-state index is -4.54. The first-order chi connectivity index (χ1) is 9.80. The van der Waals surface area contributed by atoms with E-state index in [1.54, 1.807) is 0 Å². The van der Waals surface area contributed by atoms with E-state index in [2.05, 4.69) is 0 Å². The van der Waals surface area contributed by atoms with Crippen LogP contribution in [0, 0.1) is 11.3 Å². The Balaban J connectivity index is 2.41. The van der Waals surface area contributed by atoms with Crippen LogP contribution in [0.3, 0.4) is 0 Å². The molecule has 0 bridgehead atoms. The minimum Gasteiger partial charge on any atom is -0.465 e. The number of amides is 1. The average molecular weight is 298 g/mol. The van der Waals surface area contributed by atoms with E-state index in [9.17, 15) is 23.2 Å². The summed E-state index contributed by atoms with van der Waals surface area (Å²) in [6, 6.07) is 7.00. The molecule has 0 aliphatic carbocycles. The van der Waals surface area contributed by atoms with E-state index in [1.165, 1.54) is 18.2 Å². The highest BCUT2D eigenvalue weighted by Crippen LogP contribution is 2.42. The number of benzene rings is 1. The van der Waals surface area contributed by atoms with Crippen molar-refractivity contribution in [2.24, 2.45) is 0 Å². The Hall–Kier alpha value is -2.23. The molecular formula is C14H13F3N2O2. The Morgan fingerprint density at radius 1 is 1.29 bits per heavy atom. The van der Waals surface area contributed by atoms with E-state index in [0.717, 1.165) is 11.0 Å². The fraction of sp³-hybridized carbons (Fsp3) is 0.429. The van der Waals surface area contributed by atoms with Crippen LogP contribution in [0.25, 0.3) is 0 Å². The highest BCUT2D eigenvalue weighted by Gasteiger charge is 2.44. The van der Waals surface area contributed by atoms with Crippen LogP contribution in [0.4, 0.5) is 18.0 Å². The van der Waals surface area contributed by atoms with Crippen LogP contribution in [-0.2, 0) is 11.6 Å². The number of nitriles is 1. The van der Waals surface area contributed by atoms with E-state index < -0.39 is 23.2 Å². The number of hydrogen-bond donors (Lipinski definition) is 1. The second kappa shape index (κ2) is 5.28. The molecule has 0 spiro atoms. The van der Waals surface area contributed by atoms with Gasteiger partial charge in [0.25, 0.3) is 0 Å². The number of carbonyl (C=O) groups is 1. The highest BCUT2D eigenvalue weighted by atomic mass is 19.4. The molecule has 1 amide bonds. The Morgan fingerprint density at radius 3 is 2.33 bits per heavy atom. The summed E-state index contributed by atoms with van der Waals surface area (Å²) in [4.78, 5) is 12.0. The predicted octanol–water partition coefficient (Wildman–Crippen LogP) is 3.24. The van der Waals surface area contributed by atoms with Gasteiger partial charge in [-0.05, 0) is 24.5 Å². The summed E-state index contributed by atoms with van der Waals surface area (Å²) >= 11 is 0. The number of likely N-dealkylation sites (tertiary alicyclic amines) is 1. The molecule has 7 heteroatoms. The SMILES string of the molecule is N#CC1(c2ccccc2C(F)(F)F)CCN(C(=O)O)CC1. The fourth-order valence-electron chi connectivity index (χ4n) is 2.67. The number of carboxylic acid groups (broad SMARTS) is 1. The van der Waals surface area contributed by atoms with Gasteiger partial charge in [-0.15, -0.1) is 0 Å². The number of hydrogen-bond acceptors (Lipinski definition) is 2. The molecule has 0 aromatic heterocycles. The van der Waals surface area contributed by atoms with Crippen molar-refractivity contribution in [1.82, 2.24) is 4.90 Å². The van der Waals surface area contributed by atoms with Crippen molar-refractivity contribution in [3.8, 4) is 6.07 Å². The van der Waals surface area contributed by atoms with Crippen LogP contribution < -0.4 is 0 Å². The Bertz CT molecular complexity index is 585. The standard InChI is InChI=1S/C14H13F3N2O2/c15-14(16,17)11-4-2-1-3-10(11)13(9-18)5-7-19(8-6-13)12(20)21/h1-4H,5-8H2,(H,20,21).